The summed E-state index contributed by atoms with van der Waals surface area (Å²) in [6.45, 7) is 0.641. The summed E-state index contributed by atoms with van der Waals surface area (Å²) >= 11 is 6.20. The van der Waals surface area contributed by atoms with Crippen LogP contribution < -0.4 is 0 Å². The number of aliphatic imine (C=N–C) groups is 1. The monoisotopic (exact) mass is 291 g/mol. The highest BCUT2D eigenvalue weighted by Crippen LogP contribution is 2.54. The van der Waals surface area contributed by atoms with Gasteiger partial charge in [-0.15, -0.1) is 0 Å². The molecule has 3 nitrogen and oxygen atoms in total. The smallest absolute Gasteiger partial charge is 0.0906 e. The van der Waals surface area contributed by atoms with Gasteiger partial charge in [-0.3, -0.25) is 4.99 Å². The molecule has 4 rings (SSSR count). The number of rotatable bonds is 1. The standard InChI is InChI=1S/C16H18ClNO2/c17-12-1-11-7-18-8-14(11)15(4-12)16(20)5-9-2-13(19)3-10(9)6-16/h1,4,7,9-10,13,19-20H,2-3,5-6,8H2/t9-,10+,13?,16?. The molecule has 0 bridgehead atoms. The summed E-state index contributed by atoms with van der Waals surface area (Å²) in [6.07, 6.45) is 4.79. The van der Waals surface area contributed by atoms with Crippen LogP contribution in [0.15, 0.2) is 17.1 Å². The molecule has 1 aromatic carbocycles. The summed E-state index contributed by atoms with van der Waals surface area (Å²) in [4.78, 5) is 4.31. The fourth-order valence-electron chi connectivity index (χ4n) is 4.45. The lowest BCUT2D eigenvalue weighted by atomic mass is 9.85. The fraction of sp³-hybridized carbons (Fsp3) is 0.562. The van der Waals surface area contributed by atoms with Gasteiger partial charge in [-0.25, -0.2) is 0 Å². The van der Waals surface area contributed by atoms with Crippen LogP contribution in [0.25, 0.3) is 0 Å². The zero-order chi connectivity index (χ0) is 13.9. The van der Waals surface area contributed by atoms with E-state index in [1.54, 1.807) is 0 Å². The SMILES string of the molecule is OC1C[C@@H]2CC(O)(c3cc(Cl)cc4c3CN=C4)C[C@@H]2C1. The van der Waals surface area contributed by atoms with Crippen LogP contribution in [0.4, 0.5) is 0 Å². The molecule has 1 heterocycles. The largest absolute Gasteiger partial charge is 0.393 e. The van der Waals surface area contributed by atoms with Crippen LogP contribution in [0.2, 0.25) is 5.02 Å². The van der Waals surface area contributed by atoms with E-state index in [1.807, 2.05) is 18.3 Å². The van der Waals surface area contributed by atoms with E-state index in [0.29, 0.717) is 23.4 Å². The summed E-state index contributed by atoms with van der Waals surface area (Å²) in [7, 11) is 0. The van der Waals surface area contributed by atoms with Gasteiger partial charge in [-0.1, -0.05) is 11.6 Å². The number of nitrogens with zero attached hydrogens (tertiary/aromatic N) is 1. The van der Waals surface area contributed by atoms with E-state index < -0.39 is 5.60 Å². The minimum Gasteiger partial charge on any atom is -0.393 e. The van der Waals surface area contributed by atoms with Gasteiger partial charge in [0.05, 0.1) is 18.2 Å². The third kappa shape index (κ3) is 1.84. The molecule has 0 aromatic heterocycles. The predicted octanol–water partition coefficient (Wildman–Crippen LogP) is 2.64. The molecular weight excluding hydrogens is 274 g/mol. The Bertz CT molecular complexity index is 584. The van der Waals surface area contributed by atoms with Gasteiger partial charge in [-0.2, -0.15) is 0 Å². The van der Waals surface area contributed by atoms with Crippen LogP contribution in [0.3, 0.4) is 0 Å². The van der Waals surface area contributed by atoms with Crippen molar-refractivity contribution < 1.29 is 10.2 Å². The average Bonchev–Trinajstić information content (AvgIpc) is 3.01. The highest BCUT2D eigenvalue weighted by atomic mass is 35.5. The molecule has 2 fully saturated rings. The molecule has 4 heteroatoms. The lowest BCUT2D eigenvalue weighted by Gasteiger charge is -2.27. The lowest BCUT2D eigenvalue weighted by molar-refractivity contribution is 0.0282. The molecule has 2 N–H and O–H groups in total. The molecule has 2 unspecified atom stereocenters. The third-order valence-corrected chi connectivity index (χ3v) is 5.46. The van der Waals surface area contributed by atoms with Gasteiger partial charge in [0, 0.05) is 11.2 Å². The molecule has 0 saturated heterocycles. The second-order valence-electron chi connectivity index (χ2n) is 6.58. The van der Waals surface area contributed by atoms with E-state index in [2.05, 4.69) is 4.99 Å². The first kappa shape index (κ1) is 12.8. The van der Waals surface area contributed by atoms with E-state index in [-0.39, 0.29) is 6.10 Å². The summed E-state index contributed by atoms with van der Waals surface area (Å²) in [5, 5.41) is 21.6. The first-order valence-corrected chi connectivity index (χ1v) is 7.66. The van der Waals surface area contributed by atoms with Crippen molar-refractivity contribution in [3.05, 3.63) is 33.8 Å². The summed E-state index contributed by atoms with van der Waals surface area (Å²) < 4.78 is 0. The summed E-state index contributed by atoms with van der Waals surface area (Å²) in [6, 6.07) is 3.83. The van der Waals surface area contributed by atoms with Crippen LogP contribution in [0.1, 0.15) is 42.4 Å². The van der Waals surface area contributed by atoms with Gasteiger partial charge in [-0.05, 0) is 66.3 Å². The first-order valence-electron chi connectivity index (χ1n) is 7.28. The van der Waals surface area contributed by atoms with Crippen molar-refractivity contribution in [1.82, 2.24) is 0 Å². The Hall–Kier alpha value is -0.900. The van der Waals surface area contributed by atoms with Crippen LogP contribution in [-0.4, -0.2) is 22.5 Å². The third-order valence-electron chi connectivity index (χ3n) is 5.25. The molecule has 1 aromatic rings. The fourth-order valence-corrected chi connectivity index (χ4v) is 4.68. The Morgan fingerprint density at radius 1 is 1.20 bits per heavy atom. The van der Waals surface area contributed by atoms with Crippen molar-refractivity contribution in [2.75, 3.05) is 0 Å². The molecule has 0 amide bonds. The van der Waals surface area contributed by atoms with Crippen molar-refractivity contribution in [3.8, 4) is 0 Å². The van der Waals surface area contributed by atoms with Crippen LogP contribution in [0, 0.1) is 11.8 Å². The topological polar surface area (TPSA) is 52.8 Å². The number of benzene rings is 1. The number of aliphatic hydroxyl groups excluding tert-OH is 1. The van der Waals surface area contributed by atoms with Gasteiger partial charge in [0.15, 0.2) is 0 Å². The molecule has 1 aliphatic heterocycles. The highest BCUT2D eigenvalue weighted by Gasteiger charge is 2.50. The minimum absolute atomic E-state index is 0.178. The molecule has 4 atom stereocenters. The second kappa shape index (κ2) is 4.30. The summed E-state index contributed by atoms with van der Waals surface area (Å²) in [5.74, 6) is 0.874. The van der Waals surface area contributed by atoms with Crippen molar-refractivity contribution in [2.45, 2.75) is 43.9 Å². The Labute approximate surface area is 123 Å². The number of hydrogen-bond donors (Lipinski definition) is 2. The van der Waals surface area contributed by atoms with Crippen LogP contribution in [0.5, 0.6) is 0 Å². The quantitative estimate of drug-likeness (QED) is 0.836. The van der Waals surface area contributed by atoms with Gasteiger partial charge in [0.2, 0.25) is 0 Å². The minimum atomic E-state index is -0.793. The average molecular weight is 292 g/mol. The Morgan fingerprint density at radius 2 is 1.90 bits per heavy atom. The van der Waals surface area contributed by atoms with Gasteiger partial charge >= 0.3 is 0 Å². The Morgan fingerprint density at radius 3 is 2.60 bits per heavy atom. The van der Waals surface area contributed by atoms with E-state index in [1.165, 1.54) is 0 Å². The Kier molecular flexibility index (Phi) is 2.75. The maximum atomic E-state index is 11.1. The lowest BCUT2D eigenvalue weighted by Crippen LogP contribution is -2.25. The summed E-state index contributed by atoms with van der Waals surface area (Å²) in [5.41, 5.74) is 2.33. The number of hydrogen-bond acceptors (Lipinski definition) is 3. The van der Waals surface area contributed by atoms with Crippen molar-refractivity contribution in [2.24, 2.45) is 16.8 Å². The van der Waals surface area contributed by atoms with Crippen molar-refractivity contribution in [1.29, 1.82) is 0 Å². The number of aliphatic hydroxyl groups is 2. The molecule has 0 spiro atoms. The normalized spacial score (nSPS) is 38.2. The van der Waals surface area contributed by atoms with Gasteiger partial charge < -0.3 is 10.2 Å². The predicted molar refractivity (Wildman–Crippen MR) is 78.1 cm³/mol. The molecular formula is C16H18ClNO2. The van der Waals surface area contributed by atoms with E-state index in [0.717, 1.165) is 42.4 Å². The molecule has 20 heavy (non-hydrogen) atoms. The maximum Gasteiger partial charge on any atom is 0.0906 e. The Balaban J connectivity index is 1.72. The number of fused-ring (bicyclic) bond motifs is 2. The van der Waals surface area contributed by atoms with E-state index in [9.17, 15) is 10.2 Å². The van der Waals surface area contributed by atoms with E-state index in [4.69, 9.17) is 11.6 Å². The molecule has 2 saturated carbocycles. The van der Waals surface area contributed by atoms with Crippen molar-refractivity contribution in [3.63, 3.8) is 0 Å². The first-order chi connectivity index (χ1) is 9.55. The zero-order valence-corrected chi connectivity index (χ0v) is 12.0. The van der Waals surface area contributed by atoms with Gasteiger partial charge in [0.25, 0.3) is 0 Å². The van der Waals surface area contributed by atoms with Gasteiger partial charge in [0.1, 0.15) is 0 Å². The van der Waals surface area contributed by atoms with Crippen LogP contribution in [-0.2, 0) is 12.1 Å². The molecule has 3 aliphatic rings. The zero-order valence-electron chi connectivity index (χ0n) is 11.2. The second-order valence-corrected chi connectivity index (χ2v) is 7.01. The highest BCUT2D eigenvalue weighted by molar-refractivity contribution is 6.31. The van der Waals surface area contributed by atoms with Crippen LogP contribution >= 0.6 is 11.6 Å². The number of halogens is 1. The van der Waals surface area contributed by atoms with E-state index >= 15 is 0 Å². The molecule has 2 aliphatic carbocycles. The van der Waals surface area contributed by atoms with Crippen molar-refractivity contribution >= 4 is 17.8 Å². The maximum absolute atomic E-state index is 11.1. The molecule has 106 valence electrons. The molecule has 0 radical (unpaired) electrons.